The maximum atomic E-state index is 10.9. The molecule has 1 fully saturated rings. The number of ether oxygens (including phenoxy) is 3. The molecule has 0 aliphatic carbocycles. The number of nitrogens with one attached hydrogen (secondary N) is 1. The van der Waals surface area contributed by atoms with Gasteiger partial charge < -0.3 is 14.2 Å². The fourth-order valence-corrected chi connectivity index (χ4v) is 0.728. The second-order valence-corrected chi connectivity index (χ2v) is 2.65. The number of amides is 1. The van der Waals surface area contributed by atoms with E-state index in [4.69, 9.17) is 14.2 Å². The third-order valence-corrected chi connectivity index (χ3v) is 1.16. The molecule has 1 rings (SSSR count). The summed E-state index contributed by atoms with van der Waals surface area (Å²) in [6.45, 7) is 5.07. The Morgan fingerprint density at radius 1 is 1.75 bits per heavy atom. The molecule has 0 bridgehead atoms. The Hall–Kier alpha value is -0.810. The van der Waals surface area contributed by atoms with Crippen molar-refractivity contribution in [1.82, 2.24) is 5.32 Å². The van der Waals surface area contributed by atoms with Crippen molar-refractivity contribution in [2.45, 2.75) is 26.2 Å². The van der Waals surface area contributed by atoms with Gasteiger partial charge in [0.2, 0.25) is 6.79 Å². The molecule has 1 aliphatic heterocycles. The Morgan fingerprint density at radius 2 is 2.50 bits per heavy atom. The number of rotatable bonds is 2. The van der Waals surface area contributed by atoms with E-state index in [1.807, 2.05) is 0 Å². The van der Waals surface area contributed by atoms with Gasteiger partial charge in [-0.1, -0.05) is 0 Å². The highest BCUT2D eigenvalue weighted by atomic mass is 16.7. The van der Waals surface area contributed by atoms with Crippen molar-refractivity contribution in [3.63, 3.8) is 0 Å². The summed E-state index contributed by atoms with van der Waals surface area (Å²) in [6, 6.07) is 0. The van der Waals surface area contributed by atoms with Crippen molar-refractivity contribution < 1.29 is 19.0 Å². The number of hydrogen-bond acceptors (Lipinski definition) is 4. The van der Waals surface area contributed by atoms with Crippen molar-refractivity contribution in [3.05, 3.63) is 6.79 Å². The van der Waals surface area contributed by atoms with Crippen LogP contribution in [-0.2, 0) is 14.2 Å². The second-order valence-electron chi connectivity index (χ2n) is 2.65. The largest absolute Gasteiger partial charge is 0.447 e. The smallest absolute Gasteiger partial charge is 0.409 e. The van der Waals surface area contributed by atoms with E-state index in [1.54, 1.807) is 13.8 Å². The summed E-state index contributed by atoms with van der Waals surface area (Å²) in [6.07, 6.45) is -1.04. The Morgan fingerprint density at radius 3 is 3.00 bits per heavy atom. The van der Waals surface area contributed by atoms with E-state index in [9.17, 15) is 4.79 Å². The Bertz CT molecular complexity index is 153. The molecule has 12 heavy (non-hydrogen) atoms. The van der Waals surface area contributed by atoms with Crippen molar-refractivity contribution in [1.29, 1.82) is 0 Å². The van der Waals surface area contributed by atoms with E-state index in [2.05, 4.69) is 5.32 Å². The van der Waals surface area contributed by atoms with Gasteiger partial charge in [0.05, 0.1) is 12.7 Å². The summed E-state index contributed by atoms with van der Waals surface area (Å²) in [5, 5.41) is 2.47. The average molecular weight is 174 g/mol. The minimum atomic E-state index is -0.492. The zero-order valence-electron chi connectivity index (χ0n) is 7.07. The summed E-state index contributed by atoms with van der Waals surface area (Å²) >= 11 is 0. The molecular formula is C7H12NO4. The molecule has 1 atom stereocenters. The molecule has 1 heterocycles. The molecular weight excluding hydrogens is 162 g/mol. The number of alkyl carbamates (subject to hydrolysis) is 1. The topological polar surface area (TPSA) is 56.8 Å². The molecule has 1 N–H and O–H groups in total. The van der Waals surface area contributed by atoms with Crippen LogP contribution in [0.25, 0.3) is 0 Å². The lowest BCUT2D eigenvalue weighted by Crippen LogP contribution is -2.37. The molecule has 1 aliphatic rings. The Balaban J connectivity index is 2.16. The van der Waals surface area contributed by atoms with Crippen molar-refractivity contribution in [2.24, 2.45) is 0 Å². The summed E-state index contributed by atoms with van der Waals surface area (Å²) in [5.74, 6) is 0. The lowest BCUT2D eigenvalue weighted by atomic mass is 10.5. The molecule has 69 valence electrons. The van der Waals surface area contributed by atoms with Gasteiger partial charge in [-0.05, 0) is 13.8 Å². The standard InChI is InChI=1S/C7H12NO4/c1-5(2)12-7(9)8-6-3-10-4-11-6/h4-6H,3H2,1-2H3,(H,8,9). The minimum absolute atomic E-state index is 0.128. The molecule has 0 aromatic heterocycles. The van der Waals surface area contributed by atoms with E-state index in [0.29, 0.717) is 6.61 Å². The zero-order chi connectivity index (χ0) is 8.97. The van der Waals surface area contributed by atoms with Crippen LogP contribution >= 0.6 is 0 Å². The van der Waals surface area contributed by atoms with Crippen molar-refractivity contribution in [2.75, 3.05) is 6.61 Å². The van der Waals surface area contributed by atoms with Gasteiger partial charge >= 0.3 is 6.09 Å². The van der Waals surface area contributed by atoms with Crippen LogP contribution in [0.15, 0.2) is 0 Å². The molecule has 5 heteroatoms. The summed E-state index contributed by atoms with van der Waals surface area (Å²) in [5.41, 5.74) is 0. The fraction of sp³-hybridized carbons (Fsp3) is 0.714. The van der Waals surface area contributed by atoms with Gasteiger partial charge in [-0.3, -0.25) is 5.32 Å². The highest BCUT2D eigenvalue weighted by Gasteiger charge is 2.19. The molecule has 5 nitrogen and oxygen atoms in total. The first kappa shape index (κ1) is 9.28. The highest BCUT2D eigenvalue weighted by molar-refractivity contribution is 5.67. The maximum Gasteiger partial charge on any atom is 0.409 e. The Kier molecular flexibility index (Phi) is 3.31. The first-order valence-corrected chi connectivity index (χ1v) is 3.74. The molecule has 1 amide bonds. The molecule has 0 saturated carbocycles. The molecule has 0 aromatic carbocycles. The first-order chi connectivity index (χ1) is 5.68. The van der Waals surface area contributed by atoms with Crippen LogP contribution in [0.3, 0.4) is 0 Å². The van der Waals surface area contributed by atoms with Crippen molar-refractivity contribution in [3.8, 4) is 0 Å². The summed E-state index contributed by atoms with van der Waals surface area (Å²) < 4.78 is 14.4. The minimum Gasteiger partial charge on any atom is -0.447 e. The SMILES string of the molecule is CC(C)OC(=O)NC1CO[CH]O1. The number of hydrogen-bond donors (Lipinski definition) is 1. The molecule has 0 spiro atoms. The van der Waals surface area contributed by atoms with Gasteiger partial charge in [0.1, 0.15) is 0 Å². The van der Waals surface area contributed by atoms with Crippen LogP contribution in [0.1, 0.15) is 13.8 Å². The van der Waals surface area contributed by atoms with Gasteiger partial charge in [-0.25, -0.2) is 4.79 Å². The summed E-state index contributed by atoms with van der Waals surface area (Å²) in [4.78, 5) is 10.9. The van der Waals surface area contributed by atoms with Gasteiger partial charge in [-0.15, -0.1) is 0 Å². The van der Waals surface area contributed by atoms with E-state index < -0.39 is 12.3 Å². The van der Waals surface area contributed by atoms with E-state index >= 15 is 0 Å². The van der Waals surface area contributed by atoms with Crippen LogP contribution in [0, 0.1) is 6.79 Å². The van der Waals surface area contributed by atoms with Crippen LogP contribution < -0.4 is 5.32 Å². The molecule has 1 unspecified atom stereocenters. The van der Waals surface area contributed by atoms with E-state index in [-0.39, 0.29) is 6.10 Å². The molecule has 1 saturated heterocycles. The normalized spacial score (nSPS) is 22.8. The van der Waals surface area contributed by atoms with E-state index in [1.165, 1.54) is 6.79 Å². The van der Waals surface area contributed by atoms with E-state index in [0.717, 1.165) is 0 Å². The fourth-order valence-electron chi connectivity index (χ4n) is 0.728. The van der Waals surface area contributed by atoms with Crippen LogP contribution in [-0.4, -0.2) is 25.0 Å². The van der Waals surface area contributed by atoms with Gasteiger partial charge in [0.15, 0.2) is 6.23 Å². The van der Waals surface area contributed by atoms with Gasteiger partial charge in [-0.2, -0.15) is 0 Å². The van der Waals surface area contributed by atoms with Crippen LogP contribution in [0.2, 0.25) is 0 Å². The number of carbonyl (C=O) groups excluding carboxylic acids is 1. The first-order valence-electron chi connectivity index (χ1n) is 3.74. The predicted octanol–water partition coefficient (Wildman–Crippen LogP) is 0.613. The van der Waals surface area contributed by atoms with Crippen molar-refractivity contribution >= 4 is 6.09 Å². The van der Waals surface area contributed by atoms with Crippen LogP contribution in [0.5, 0.6) is 0 Å². The molecule has 1 radical (unpaired) electrons. The predicted molar refractivity (Wildman–Crippen MR) is 39.9 cm³/mol. The highest BCUT2D eigenvalue weighted by Crippen LogP contribution is 2.03. The lowest BCUT2D eigenvalue weighted by molar-refractivity contribution is 0.0775. The third kappa shape index (κ3) is 3.06. The second kappa shape index (κ2) is 4.27. The zero-order valence-corrected chi connectivity index (χ0v) is 7.07. The quantitative estimate of drug-likeness (QED) is 0.666. The summed E-state index contributed by atoms with van der Waals surface area (Å²) in [7, 11) is 0. The lowest BCUT2D eigenvalue weighted by Gasteiger charge is -2.12. The average Bonchev–Trinajstić information content (AvgIpc) is 2.37. The number of carbonyl (C=O) groups is 1. The van der Waals surface area contributed by atoms with Gasteiger partial charge in [0, 0.05) is 0 Å². The third-order valence-electron chi connectivity index (χ3n) is 1.16. The maximum absolute atomic E-state index is 10.9. The molecule has 0 aromatic rings. The van der Waals surface area contributed by atoms with Gasteiger partial charge in [0.25, 0.3) is 0 Å². The Labute approximate surface area is 71.0 Å². The monoisotopic (exact) mass is 174 g/mol. The van der Waals surface area contributed by atoms with Crippen LogP contribution in [0.4, 0.5) is 4.79 Å².